The number of carbonyl (C=O) groups is 1. The third-order valence-electron chi connectivity index (χ3n) is 2.15. The number of nitrogens with one attached hydrogen (secondary N) is 1. The van der Waals surface area contributed by atoms with Crippen molar-refractivity contribution in [2.24, 2.45) is 0 Å². The Balaban J connectivity index is 2.25. The summed E-state index contributed by atoms with van der Waals surface area (Å²) in [6.45, 7) is 5.85. The van der Waals surface area contributed by atoms with E-state index < -0.39 is 0 Å². The van der Waals surface area contributed by atoms with Gasteiger partial charge in [-0.25, -0.2) is 4.98 Å². The Morgan fingerprint density at radius 1 is 1.71 bits per heavy atom. The number of aromatic nitrogens is 1. The van der Waals surface area contributed by atoms with Gasteiger partial charge in [0.1, 0.15) is 5.69 Å². The lowest BCUT2D eigenvalue weighted by Gasteiger charge is -1.98. The molecule has 0 aliphatic heterocycles. The lowest BCUT2D eigenvalue weighted by molar-refractivity contribution is 0.0953. The number of rotatable bonds is 4. The monoisotopic (exact) mass is 248 g/mol. The van der Waals surface area contributed by atoms with Gasteiger partial charge in [0.05, 0.1) is 6.26 Å². The summed E-state index contributed by atoms with van der Waals surface area (Å²) in [6, 6.07) is 3.62. The summed E-state index contributed by atoms with van der Waals surface area (Å²) in [6.07, 6.45) is 3.22. The number of nitrogens with zero attached hydrogens (tertiary/aromatic N) is 1. The fourth-order valence-electron chi connectivity index (χ4n) is 1.36. The molecule has 5 heteroatoms. The van der Waals surface area contributed by atoms with Crippen LogP contribution in [0.1, 0.15) is 15.4 Å². The Hall–Kier alpha value is -1.88. The van der Waals surface area contributed by atoms with Crippen molar-refractivity contribution in [2.75, 3.05) is 6.54 Å². The summed E-state index contributed by atoms with van der Waals surface area (Å²) in [7, 11) is 0. The van der Waals surface area contributed by atoms with E-state index in [2.05, 4.69) is 16.9 Å². The van der Waals surface area contributed by atoms with Crippen LogP contribution in [0.2, 0.25) is 0 Å². The number of carbonyl (C=O) groups excluding carboxylic acids is 1. The molecule has 0 aromatic carbocycles. The number of hydrogen-bond donors (Lipinski definition) is 1. The number of amides is 1. The Labute approximate surface area is 103 Å². The van der Waals surface area contributed by atoms with Crippen LogP contribution in [0.4, 0.5) is 0 Å². The standard InChI is InChI=1S/C12H12N2O2S/c1-3-6-13-11(15)10-8(2)17-12(14-10)9-5-4-7-16-9/h3-5,7H,1,6H2,2H3,(H,13,15). The number of furan rings is 1. The van der Waals surface area contributed by atoms with Gasteiger partial charge in [-0.2, -0.15) is 0 Å². The van der Waals surface area contributed by atoms with E-state index in [4.69, 9.17) is 4.42 Å². The Bertz CT molecular complexity index is 529. The van der Waals surface area contributed by atoms with Gasteiger partial charge >= 0.3 is 0 Å². The minimum absolute atomic E-state index is 0.184. The first kappa shape index (κ1) is 11.6. The first-order valence-electron chi connectivity index (χ1n) is 5.12. The van der Waals surface area contributed by atoms with Crippen LogP contribution in [0.25, 0.3) is 10.8 Å². The van der Waals surface area contributed by atoms with Crippen LogP contribution in [-0.4, -0.2) is 17.4 Å². The molecule has 0 aliphatic rings. The average molecular weight is 248 g/mol. The van der Waals surface area contributed by atoms with E-state index in [1.165, 1.54) is 11.3 Å². The highest BCUT2D eigenvalue weighted by Crippen LogP contribution is 2.27. The summed E-state index contributed by atoms with van der Waals surface area (Å²) in [4.78, 5) is 16.9. The van der Waals surface area contributed by atoms with Crippen LogP contribution >= 0.6 is 11.3 Å². The SMILES string of the molecule is C=CCNC(=O)c1nc(-c2ccco2)sc1C. The smallest absolute Gasteiger partial charge is 0.271 e. The third-order valence-corrected chi connectivity index (χ3v) is 3.14. The van der Waals surface area contributed by atoms with E-state index in [1.807, 2.05) is 13.0 Å². The predicted molar refractivity (Wildman–Crippen MR) is 67.1 cm³/mol. The number of hydrogen-bond acceptors (Lipinski definition) is 4. The number of thiazole rings is 1. The minimum Gasteiger partial charge on any atom is -0.462 e. The first-order valence-corrected chi connectivity index (χ1v) is 5.94. The molecule has 2 aromatic heterocycles. The van der Waals surface area contributed by atoms with Crippen molar-refractivity contribution in [3.05, 3.63) is 41.6 Å². The molecule has 0 spiro atoms. The molecule has 2 aromatic rings. The van der Waals surface area contributed by atoms with Gasteiger partial charge in [-0.05, 0) is 19.1 Å². The van der Waals surface area contributed by atoms with Crippen molar-refractivity contribution in [2.45, 2.75) is 6.92 Å². The van der Waals surface area contributed by atoms with Crippen molar-refractivity contribution in [3.63, 3.8) is 0 Å². The zero-order valence-corrected chi connectivity index (χ0v) is 10.2. The second kappa shape index (κ2) is 4.97. The maximum Gasteiger partial charge on any atom is 0.271 e. The van der Waals surface area contributed by atoms with Crippen LogP contribution in [0.5, 0.6) is 0 Å². The Morgan fingerprint density at radius 2 is 2.53 bits per heavy atom. The summed E-state index contributed by atoms with van der Waals surface area (Å²) >= 11 is 1.44. The van der Waals surface area contributed by atoms with Crippen molar-refractivity contribution >= 4 is 17.2 Å². The van der Waals surface area contributed by atoms with E-state index >= 15 is 0 Å². The van der Waals surface area contributed by atoms with E-state index in [0.717, 1.165) is 9.88 Å². The highest BCUT2D eigenvalue weighted by Gasteiger charge is 2.16. The molecule has 0 bridgehead atoms. The molecule has 1 N–H and O–H groups in total. The molecule has 0 saturated carbocycles. The molecule has 17 heavy (non-hydrogen) atoms. The maximum absolute atomic E-state index is 11.8. The summed E-state index contributed by atoms with van der Waals surface area (Å²) in [5.74, 6) is 0.498. The van der Waals surface area contributed by atoms with Crippen molar-refractivity contribution < 1.29 is 9.21 Å². The maximum atomic E-state index is 11.8. The van der Waals surface area contributed by atoms with Gasteiger partial charge in [0.2, 0.25) is 0 Å². The van der Waals surface area contributed by atoms with E-state index in [0.29, 0.717) is 18.0 Å². The van der Waals surface area contributed by atoms with Crippen LogP contribution in [-0.2, 0) is 0 Å². The number of aryl methyl sites for hydroxylation is 1. The molecule has 2 rings (SSSR count). The molecule has 4 nitrogen and oxygen atoms in total. The molecule has 0 unspecified atom stereocenters. The molecule has 0 radical (unpaired) electrons. The molecule has 88 valence electrons. The minimum atomic E-state index is -0.184. The molecule has 1 amide bonds. The Morgan fingerprint density at radius 3 is 3.18 bits per heavy atom. The van der Waals surface area contributed by atoms with Crippen molar-refractivity contribution in [1.82, 2.24) is 10.3 Å². The molecule has 0 atom stereocenters. The van der Waals surface area contributed by atoms with Crippen LogP contribution in [0.3, 0.4) is 0 Å². The van der Waals surface area contributed by atoms with Gasteiger partial charge in [-0.3, -0.25) is 4.79 Å². The normalized spacial score (nSPS) is 10.2. The van der Waals surface area contributed by atoms with Crippen LogP contribution < -0.4 is 5.32 Å². The molecular weight excluding hydrogens is 236 g/mol. The van der Waals surface area contributed by atoms with Crippen molar-refractivity contribution in [3.8, 4) is 10.8 Å². The van der Waals surface area contributed by atoms with E-state index in [9.17, 15) is 4.79 Å². The highest BCUT2D eigenvalue weighted by atomic mass is 32.1. The van der Waals surface area contributed by atoms with Gasteiger partial charge in [-0.1, -0.05) is 6.08 Å². The Kier molecular flexibility index (Phi) is 3.39. The third kappa shape index (κ3) is 2.45. The largest absolute Gasteiger partial charge is 0.462 e. The fraction of sp³-hybridized carbons (Fsp3) is 0.167. The first-order chi connectivity index (χ1) is 8.22. The van der Waals surface area contributed by atoms with Gasteiger partial charge in [0.25, 0.3) is 5.91 Å². The fourth-order valence-corrected chi connectivity index (χ4v) is 2.24. The van der Waals surface area contributed by atoms with Gasteiger partial charge in [-0.15, -0.1) is 17.9 Å². The molecular formula is C12H12N2O2S. The average Bonchev–Trinajstić information content (AvgIpc) is 2.94. The molecule has 0 saturated heterocycles. The lowest BCUT2D eigenvalue weighted by atomic mass is 10.3. The zero-order chi connectivity index (χ0) is 12.3. The summed E-state index contributed by atoms with van der Waals surface area (Å²) in [5, 5.41) is 3.42. The lowest BCUT2D eigenvalue weighted by Crippen LogP contribution is -2.24. The quantitative estimate of drug-likeness (QED) is 0.846. The predicted octanol–water partition coefficient (Wildman–Crippen LogP) is 2.63. The summed E-state index contributed by atoms with van der Waals surface area (Å²) < 4.78 is 5.25. The zero-order valence-electron chi connectivity index (χ0n) is 9.40. The topological polar surface area (TPSA) is 55.1 Å². The molecule has 2 heterocycles. The highest BCUT2D eigenvalue weighted by molar-refractivity contribution is 7.15. The second-order valence-electron chi connectivity index (χ2n) is 3.40. The summed E-state index contributed by atoms with van der Waals surface area (Å²) in [5.41, 5.74) is 0.447. The van der Waals surface area contributed by atoms with Crippen LogP contribution in [0.15, 0.2) is 35.5 Å². The second-order valence-corrected chi connectivity index (χ2v) is 4.60. The van der Waals surface area contributed by atoms with Gasteiger partial charge in [0.15, 0.2) is 10.8 Å². The van der Waals surface area contributed by atoms with Crippen LogP contribution in [0, 0.1) is 6.92 Å². The van der Waals surface area contributed by atoms with Crippen molar-refractivity contribution in [1.29, 1.82) is 0 Å². The molecule has 0 fully saturated rings. The van der Waals surface area contributed by atoms with Gasteiger partial charge in [0, 0.05) is 11.4 Å². The molecule has 0 aliphatic carbocycles. The van der Waals surface area contributed by atoms with Gasteiger partial charge < -0.3 is 9.73 Å². The van der Waals surface area contributed by atoms with E-state index in [-0.39, 0.29) is 5.91 Å². The van der Waals surface area contributed by atoms with E-state index in [1.54, 1.807) is 18.4 Å².